The Labute approximate surface area is 197 Å². The Morgan fingerprint density at radius 3 is 2.21 bits per heavy atom. The van der Waals surface area contributed by atoms with E-state index in [2.05, 4.69) is 5.32 Å². The van der Waals surface area contributed by atoms with Crippen molar-refractivity contribution in [2.24, 2.45) is 0 Å². The van der Waals surface area contributed by atoms with Crippen LogP contribution in [0.25, 0.3) is 0 Å². The molecule has 2 atom stereocenters. The van der Waals surface area contributed by atoms with Crippen LogP contribution < -0.4 is 5.32 Å². The van der Waals surface area contributed by atoms with Crippen molar-refractivity contribution in [1.29, 1.82) is 0 Å². The van der Waals surface area contributed by atoms with Crippen LogP contribution in [0.3, 0.4) is 0 Å². The highest BCUT2D eigenvalue weighted by molar-refractivity contribution is 6.32. The number of aliphatic carboxylic acids is 2. The summed E-state index contributed by atoms with van der Waals surface area (Å²) in [6.45, 7) is 2.07. The molecule has 1 saturated heterocycles. The molecule has 1 heterocycles. The van der Waals surface area contributed by atoms with Gasteiger partial charge < -0.3 is 20.6 Å². The van der Waals surface area contributed by atoms with Crippen molar-refractivity contribution in [3.63, 3.8) is 0 Å². The molecule has 0 aliphatic carbocycles. The number of nitro groups is 1. The minimum absolute atomic E-state index is 0.0378. The largest absolute Gasteiger partial charge is 0.480 e. The molecule has 33 heavy (non-hydrogen) atoms. The minimum atomic E-state index is -1.99. The first-order valence-corrected chi connectivity index (χ1v) is 10.3. The summed E-state index contributed by atoms with van der Waals surface area (Å²) in [5.74, 6) is -3.45. The van der Waals surface area contributed by atoms with Crippen LogP contribution in [0.1, 0.15) is 41.3 Å². The molecule has 0 radical (unpaired) electrons. The molecule has 0 saturated carbocycles. The maximum absolute atomic E-state index is 12.1. The van der Waals surface area contributed by atoms with E-state index in [1.807, 2.05) is 0 Å². The van der Waals surface area contributed by atoms with Crippen LogP contribution in [0.4, 0.5) is 5.69 Å². The van der Waals surface area contributed by atoms with Crippen molar-refractivity contribution >= 4 is 46.8 Å². The van der Waals surface area contributed by atoms with Crippen LogP contribution in [0.5, 0.6) is 0 Å². The summed E-state index contributed by atoms with van der Waals surface area (Å²) < 4.78 is 0. The molecule has 0 aromatic heterocycles. The van der Waals surface area contributed by atoms with E-state index < -0.39 is 33.9 Å². The molecule has 176 valence electrons. The first-order valence-electron chi connectivity index (χ1n) is 9.57. The zero-order valence-electron chi connectivity index (χ0n) is 17.2. The predicted octanol–water partition coefficient (Wildman–Crippen LogP) is 3.81. The maximum Gasteiger partial charge on any atom is 0.335 e. The zero-order valence-corrected chi connectivity index (χ0v) is 18.8. The van der Waals surface area contributed by atoms with Gasteiger partial charge in [0.15, 0.2) is 0 Å². The van der Waals surface area contributed by atoms with Gasteiger partial charge in [0, 0.05) is 16.1 Å². The molecular formula is C21H20Cl2N2O8. The Morgan fingerprint density at radius 2 is 1.76 bits per heavy atom. The van der Waals surface area contributed by atoms with E-state index >= 15 is 0 Å². The molecule has 0 spiro atoms. The second kappa shape index (κ2) is 10.6. The van der Waals surface area contributed by atoms with Gasteiger partial charge in [0.2, 0.25) is 0 Å². The van der Waals surface area contributed by atoms with Gasteiger partial charge >= 0.3 is 17.9 Å². The summed E-state index contributed by atoms with van der Waals surface area (Å²) in [6, 6.07) is 6.78. The van der Waals surface area contributed by atoms with Crippen LogP contribution >= 0.6 is 23.2 Å². The normalized spacial score (nSPS) is 16.8. The van der Waals surface area contributed by atoms with Gasteiger partial charge in [-0.1, -0.05) is 23.2 Å². The lowest BCUT2D eigenvalue weighted by molar-refractivity contribution is -0.385. The fourth-order valence-corrected chi connectivity index (χ4v) is 3.86. The number of nitro benzene ring substituents is 1. The van der Waals surface area contributed by atoms with E-state index in [0.29, 0.717) is 0 Å². The number of benzene rings is 2. The van der Waals surface area contributed by atoms with Gasteiger partial charge in [-0.05, 0) is 62.2 Å². The number of hydrogen-bond donors (Lipinski definition) is 4. The van der Waals surface area contributed by atoms with Crippen LogP contribution in [0.15, 0.2) is 36.4 Å². The van der Waals surface area contributed by atoms with E-state index in [0.717, 1.165) is 37.6 Å². The van der Waals surface area contributed by atoms with E-state index in [-0.39, 0.29) is 32.8 Å². The van der Waals surface area contributed by atoms with Crippen molar-refractivity contribution < 1.29 is 34.6 Å². The lowest BCUT2D eigenvalue weighted by Crippen LogP contribution is -2.35. The Bertz CT molecular complexity index is 1100. The Hall–Kier alpha value is -3.21. The van der Waals surface area contributed by atoms with Crippen molar-refractivity contribution in [2.45, 2.75) is 31.2 Å². The van der Waals surface area contributed by atoms with Crippen molar-refractivity contribution in [2.75, 3.05) is 6.54 Å². The molecule has 4 N–H and O–H groups in total. The third-order valence-electron chi connectivity index (χ3n) is 5.23. The van der Waals surface area contributed by atoms with Crippen molar-refractivity contribution in [1.82, 2.24) is 5.32 Å². The first-order chi connectivity index (χ1) is 15.4. The number of halogens is 2. The SMILES string of the molecule is C[C@](C(=O)O)(c1cc(C(=O)O)ccc1Cl)c1cc(Cl)ccc1[N+](=O)[O-].O=C(O)[C@H]1CCCN1. The fourth-order valence-electron chi connectivity index (χ4n) is 3.38. The second-order valence-corrected chi connectivity index (χ2v) is 8.18. The van der Waals surface area contributed by atoms with Gasteiger partial charge in [0.1, 0.15) is 11.5 Å². The molecule has 2 aromatic carbocycles. The smallest absolute Gasteiger partial charge is 0.335 e. The van der Waals surface area contributed by atoms with E-state index in [1.54, 1.807) is 0 Å². The topological polar surface area (TPSA) is 167 Å². The quantitative estimate of drug-likeness (QED) is 0.341. The van der Waals surface area contributed by atoms with Crippen molar-refractivity contribution in [3.8, 4) is 0 Å². The van der Waals surface area contributed by atoms with Crippen LogP contribution in [-0.2, 0) is 15.0 Å². The first kappa shape index (κ1) is 26.0. The Kier molecular flexibility index (Phi) is 8.37. The number of aromatic carboxylic acids is 1. The average Bonchev–Trinajstić information content (AvgIpc) is 3.28. The highest BCUT2D eigenvalue weighted by Gasteiger charge is 2.44. The summed E-state index contributed by atoms with van der Waals surface area (Å²) in [5, 5.41) is 41.6. The van der Waals surface area contributed by atoms with Gasteiger partial charge in [-0.15, -0.1) is 0 Å². The molecule has 0 amide bonds. The van der Waals surface area contributed by atoms with Crippen LogP contribution in [0, 0.1) is 10.1 Å². The third-order valence-corrected chi connectivity index (χ3v) is 5.80. The maximum atomic E-state index is 12.1. The minimum Gasteiger partial charge on any atom is -0.480 e. The molecular weight excluding hydrogens is 479 g/mol. The Morgan fingerprint density at radius 1 is 1.09 bits per heavy atom. The highest BCUT2D eigenvalue weighted by atomic mass is 35.5. The monoisotopic (exact) mass is 498 g/mol. The van der Waals surface area contributed by atoms with Gasteiger partial charge in [-0.25, -0.2) is 4.79 Å². The highest BCUT2D eigenvalue weighted by Crippen LogP contribution is 2.42. The van der Waals surface area contributed by atoms with Gasteiger partial charge in [-0.3, -0.25) is 19.7 Å². The second-order valence-electron chi connectivity index (χ2n) is 7.34. The fraction of sp³-hybridized carbons (Fsp3) is 0.286. The van der Waals surface area contributed by atoms with E-state index in [1.165, 1.54) is 25.1 Å². The van der Waals surface area contributed by atoms with Gasteiger partial charge in [0.05, 0.1) is 16.1 Å². The molecule has 0 unspecified atom stereocenters. The number of rotatable bonds is 6. The zero-order chi connectivity index (χ0) is 24.9. The van der Waals surface area contributed by atoms with Crippen LogP contribution in [-0.4, -0.2) is 50.7 Å². The molecule has 1 aliphatic heterocycles. The molecule has 3 rings (SSSR count). The average molecular weight is 499 g/mol. The van der Waals surface area contributed by atoms with Gasteiger partial charge in [0.25, 0.3) is 5.69 Å². The number of carboxylic acids is 3. The summed E-state index contributed by atoms with van der Waals surface area (Å²) in [7, 11) is 0. The third kappa shape index (κ3) is 5.78. The summed E-state index contributed by atoms with van der Waals surface area (Å²) in [5.41, 5.74) is -2.95. The molecule has 12 heteroatoms. The lowest BCUT2D eigenvalue weighted by atomic mass is 9.75. The van der Waals surface area contributed by atoms with Crippen molar-refractivity contribution in [3.05, 3.63) is 73.2 Å². The van der Waals surface area contributed by atoms with E-state index in [4.69, 9.17) is 33.4 Å². The molecule has 0 bridgehead atoms. The summed E-state index contributed by atoms with van der Waals surface area (Å²) in [6.07, 6.45) is 1.78. The number of carboxylic acid groups (broad SMARTS) is 3. The number of hydrogen-bond acceptors (Lipinski definition) is 6. The molecule has 2 aromatic rings. The lowest BCUT2D eigenvalue weighted by Gasteiger charge is -2.27. The van der Waals surface area contributed by atoms with Crippen LogP contribution in [0.2, 0.25) is 10.0 Å². The molecule has 10 nitrogen and oxygen atoms in total. The summed E-state index contributed by atoms with van der Waals surface area (Å²) >= 11 is 12.0. The van der Waals surface area contributed by atoms with E-state index in [9.17, 15) is 29.6 Å². The predicted molar refractivity (Wildman–Crippen MR) is 119 cm³/mol. The number of carbonyl (C=O) groups is 3. The number of nitrogens with zero attached hydrogens (tertiary/aromatic N) is 1. The standard InChI is InChI=1S/C16H11Cl2NO6.C5H9NO2/c1-16(15(22)23,10-6-8(14(20)21)2-4-12(10)18)11-7-9(17)3-5-13(11)19(24)25;7-5(8)4-2-1-3-6-4/h2-7H,1H3,(H,20,21)(H,22,23);4,6H,1-3H2,(H,7,8)/t16-;4-/m01/s1. The Balaban J connectivity index is 0.000000405. The summed E-state index contributed by atoms with van der Waals surface area (Å²) in [4.78, 5) is 44.0. The van der Waals surface area contributed by atoms with Gasteiger partial charge in [-0.2, -0.15) is 0 Å². The molecule has 1 fully saturated rings. The number of nitrogens with one attached hydrogen (secondary N) is 1. The molecule has 1 aliphatic rings.